The lowest BCUT2D eigenvalue weighted by atomic mass is 10.3. The van der Waals surface area contributed by atoms with Crippen molar-refractivity contribution in [1.82, 2.24) is 15.2 Å². The Morgan fingerprint density at radius 2 is 2.29 bits per heavy atom. The van der Waals surface area contributed by atoms with Gasteiger partial charge in [0.05, 0.1) is 5.02 Å². The van der Waals surface area contributed by atoms with Crippen LogP contribution in [0.25, 0.3) is 11.0 Å². The Labute approximate surface area is 83.7 Å². The van der Waals surface area contributed by atoms with E-state index >= 15 is 0 Å². The number of nitrogens with zero attached hydrogens (tertiary/aromatic N) is 2. The molecule has 0 spiro atoms. The Morgan fingerprint density at radius 1 is 1.57 bits per heavy atom. The Balaban J connectivity index is 2.85. The summed E-state index contributed by atoms with van der Waals surface area (Å²) in [5, 5.41) is 15.4. The summed E-state index contributed by atoms with van der Waals surface area (Å²) in [6, 6.07) is 1.64. The highest BCUT2D eigenvalue weighted by atomic mass is 35.5. The van der Waals surface area contributed by atoms with Crippen LogP contribution in [-0.2, 0) is 0 Å². The highest BCUT2D eigenvalue weighted by Crippen LogP contribution is 2.22. The van der Waals surface area contributed by atoms with Gasteiger partial charge in [0, 0.05) is 5.69 Å². The third-order valence-electron chi connectivity index (χ3n) is 1.80. The van der Waals surface area contributed by atoms with Crippen molar-refractivity contribution < 1.29 is 9.90 Å². The number of nitrogens with one attached hydrogen (secondary N) is 1. The van der Waals surface area contributed by atoms with E-state index < -0.39 is 5.97 Å². The Bertz CT molecular complexity index is 521. The minimum Gasteiger partial charge on any atom is -0.476 e. The van der Waals surface area contributed by atoms with Crippen molar-refractivity contribution in [3.63, 3.8) is 0 Å². The van der Waals surface area contributed by atoms with Gasteiger partial charge in [0.25, 0.3) is 0 Å². The number of H-pyrrole nitrogens is 1. The van der Waals surface area contributed by atoms with Gasteiger partial charge < -0.3 is 5.11 Å². The average Bonchev–Trinajstić information content (AvgIpc) is 2.47. The number of rotatable bonds is 1. The maximum Gasteiger partial charge on any atom is 0.356 e. The molecule has 2 aromatic rings. The number of aromatic nitrogens is 3. The third kappa shape index (κ3) is 1.22. The topological polar surface area (TPSA) is 78.9 Å². The number of carboxylic acid groups (broad SMARTS) is 1. The van der Waals surface area contributed by atoms with Gasteiger partial charge >= 0.3 is 5.97 Å². The number of hydrogen-bond acceptors (Lipinski definition) is 3. The van der Waals surface area contributed by atoms with Crippen LogP contribution in [0.2, 0.25) is 5.02 Å². The van der Waals surface area contributed by atoms with E-state index in [0.717, 1.165) is 0 Å². The van der Waals surface area contributed by atoms with Gasteiger partial charge in [-0.25, -0.2) is 9.78 Å². The van der Waals surface area contributed by atoms with E-state index in [0.29, 0.717) is 21.7 Å². The van der Waals surface area contributed by atoms with Crippen LogP contribution in [0.4, 0.5) is 0 Å². The summed E-state index contributed by atoms with van der Waals surface area (Å²) < 4.78 is 0. The molecule has 0 bridgehead atoms. The Kier molecular flexibility index (Phi) is 1.89. The van der Waals surface area contributed by atoms with Gasteiger partial charge in [-0.3, -0.25) is 5.10 Å². The summed E-state index contributed by atoms with van der Waals surface area (Å²) in [7, 11) is 0. The second kappa shape index (κ2) is 2.95. The van der Waals surface area contributed by atoms with Crippen LogP contribution < -0.4 is 0 Å². The first-order valence-corrected chi connectivity index (χ1v) is 4.22. The zero-order chi connectivity index (χ0) is 10.3. The number of aromatic amines is 1. The zero-order valence-electron chi connectivity index (χ0n) is 7.21. The normalized spacial score (nSPS) is 10.7. The molecule has 0 atom stereocenters. The van der Waals surface area contributed by atoms with E-state index in [1.165, 1.54) is 0 Å². The van der Waals surface area contributed by atoms with Crippen LogP contribution in [0.3, 0.4) is 0 Å². The summed E-state index contributed by atoms with van der Waals surface area (Å²) in [4.78, 5) is 14.8. The minimum atomic E-state index is -1.10. The molecule has 0 unspecified atom stereocenters. The van der Waals surface area contributed by atoms with Crippen molar-refractivity contribution >= 4 is 28.6 Å². The van der Waals surface area contributed by atoms with Gasteiger partial charge in [0.15, 0.2) is 5.69 Å². The average molecular weight is 212 g/mol. The predicted molar refractivity (Wildman–Crippen MR) is 50.6 cm³/mol. The lowest BCUT2D eigenvalue weighted by Crippen LogP contribution is -1.98. The molecule has 0 amide bonds. The first-order chi connectivity index (χ1) is 6.59. The number of aromatic carboxylic acids is 1. The van der Waals surface area contributed by atoms with Crippen molar-refractivity contribution in [3.8, 4) is 0 Å². The molecule has 0 aliphatic heterocycles. The fourth-order valence-electron chi connectivity index (χ4n) is 1.22. The van der Waals surface area contributed by atoms with E-state index in [4.69, 9.17) is 16.7 Å². The first-order valence-electron chi connectivity index (χ1n) is 3.84. The van der Waals surface area contributed by atoms with Crippen molar-refractivity contribution in [1.29, 1.82) is 0 Å². The van der Waals surface area contributed by atoms with Gasteiger partial charge in [-0.15, -0.1) is 0 Å². The molecule has 2 aromatic heterocycles. The molecule has 0 saturated heterocycles. The summed E-state index contributed by atoms with van der Waals surface area (Å²) >= 11 is 5.86. The largest absolute Gasteiger partial charge is 0.476 e. The second-order valence-corrected chi connectivity index (χ2v) is 3.25. The van der Waals surface area contributed by atoms with Gasteiger partial charge in [-0.1, -0.05) is 11.6 Å². The number of hydrogen-bond donors (Lipinski definition) is 2. The molecule has 0 aromatic carbocycles. The SMILES string of the molecule is Cc1cc(Cl)c2n[nH]c(C(=O)O)c2n1. The molecule has 5 nitrogen and oxygen atoms in total. The van der Waals surface area contributed by atoms with E-state index in [1.54, 1.807) is 13.0 Å². The van der Waals surface area contributed by atoms with Gasteiger partial charge in [0.1, 0.15) is 11.0 Å². The van der Waals surface area contributed by atoms with Crippen LogP contribution >= 0.6 is 11.6 Å². The molecule has 6 heteroatoms. The van der Waals surface area contributed by atoms with Crippen molar-refractivity contribution in [2.45, 2.75) is 6.92 Å². The summed E-state index contributed by atoms with van der Waals surface area (Å²) in [6.45, 7) is 1.74. The van der Waals surface area contributed by atoms with Crippen LogP contribution in [0.5, 0.6) is 0 Å². The lowest BCUT2D eigenvalue weighted by Gasteiger charge is -1.95. The number of carbonyl (C=O) groups is 1. The van der Waals surface area contributed by atoms with E-state index in [-0.39, 0.29) is 5.69 Å². The summed E-state index contributed by atoms with van der Waals surface area (Å²) in [5.41, 5.74) is 1.30. The smallest absolute Gasteiger partial charge is 0.356 e. The fraction of sp³-hybridized carbons (Fsp3) is 0.125. The third-order valence-corrected chi connectivity index (χ3v) is 2.09. The predicted octanol–water partition coefficient (Wildman–Crippen LogP) is 1.62. The monoisotopic (exact) mass is 211 g/mol. The molecule has 2 heterocycles. The number of aryl methyl sites for hydroxylation is 1. The summed E-state index contributed by atoms with van der Waals surface area (Å²) in [5.74, 6) is -1.10. The standard InChI is InChI=1S/C8H6ClN3O2/c1-3-2-4(9)5-6(10-3)7(8(13)14)12-11-5/h2H,1H3,(H,11,12)(H,13,14). The van der Waals surface area contributed by atoms with Gasteiger partial charge in [0.2, 0.25) is 0 Å². The molecule has 72 valence electrons. The molecule has 0 fully saturated rings. The van der Waals surface area contributed by atoms with Crippen LogP contribution in [0.15, 0.2) is 6.07 Å². The zero-order valence-corrected chi connectivity index (χ0v) is 7.96. The Morgan fingerprint density at radius 3 is 2.93 bits per heavy atom. The number of halogens is 1. The Hall–Kier alpha value is -1.62. The minimum absolute atomic E-state index is 0.0365. The van der Waals surface area contributed by atoms with E-state index in [9.17, 15) is 4.79 Å². The van der Waals surface area contributed by atoms with Crippen LogP contribution in [0.1, 0.15) is 16.2 Å². The maximum absolute atomic E-state index is 10.7. The number of fused-ring (bicyclic) bond motifs is 1. The number of carboxylic acids is 1. The van der Waals surface area contributed by atoms with Gasteiger partial charge in [-0.2, -0.15) is 5.10 Å². The van der Waals surface area contributed by atoms with Crippen LogP contribution in [0, 0.1) is 6.92 Å². The van der Waals surface area contributed by atoms with Crippen molar-refractivity contribution in [2.24, 2.45) is 0 Å². The molecule has 0 saturated carbocycles. The molecule has 2 N–H and O–H groups in total. The molecule has 2 rings (SSSR count). The molecule has 0 aliphatic carbocycles. The van der Waals surface area contributed by atoms with E-state index in [1.807, 2.05) is 0 Å². The second-order valence-electron chi connectivity index (χ2n) is 2.85. The maximum atomic E-state index is 10.7. The van der Waals surface area contributed by atoms with Crippen LogP contribution in [-0.4, -0.2) is 26.3 Å². The number of pyridine rings is 1. The molecule has 0 aliphatic rings. The highest BCUT2D eigenvalue weighted by molar-refractivity contribution is 6.35. The first kappa shape index (κ1) is 8.96. The van der Waals surface area contributed by atoms with E-state index in [2.05, 4.69) is 15.2 Å². The molecular formula is C8H6ClN3O2. The highest BCUT2D eigenvalue weighted by Gasteiger charge is 2.15. The van der Waals surface area contributed by atoms with Crippen molar-refractivity contribution in [2.75, 3.05) is 0 Å². The van der Waals surface area contributed by atoms with Crippen molar-refractivity contribution in [3.05, 3.63) is 22.5 Å². The quantitative estimate of drug-likeness (QED) is 0.751. The lowest BCUT2D eigenvalue weighted by molar-refractivity contribution is 0.0692. The van der Waals surface area contributed by atoms with Gasteiger partial charge in [-0.05, 0) is 13.0 Å². The summed E-state index contributed by atoms with van der Waals surface area (Å²) in [6.07, 6.45) is 0. The fourth-order valence-corrected chi connectivity index (χ4v) is 1.51. The molecule has 0 radical (unpaired) electrons. The molecular weight excluding hydrogens is 206 g/mol. The molecule has 14 heavy (non-hydrogen) atoms.